The zero-order valence-electron chi connectivity index (χ0n) is 7.62. The molecule has 12 heavy (non-hydrogen) atoms. The second kappa shape index (κ2) is 5.77. The maximum atomic E-state index is 10.6. The third-order valence-electron chi connectivity index (χ3n) is 1.72. The van der Waals surface area contributed by atoms with Gasteiger partial charge in [0.1, 0.15) is 0 Å². The van der Waals surface area contributed by atoms with Crippen molar-refractivity contribution < 1.29 is 14.6 Å². The average molecular weight is 172 g/mol. The zero-order chi connectivity index (χ0) is 9.56. The zero-order valence-corrected chi connectivity index (χ0v) is 7.62. The van der Waals surface area contributed by atoms with E-state index in [1.165, 1.54) is 0 Å². The van der Waals surface area contributed by atoms with E-state index < -0.39 is 12.3 Å². The van der Waals surface area contributed by atoms with E-state index in [4.69, 9.17) is 5.11 Å². The van der Waals surface area contributed by atoms with Crippen LogP contribution in [0.25, 0.3) is 0 Å². The molecule has 0 heterocycles. The summed E-state index contributed by atoms with van der Waals surface area (Å²) in [5, 5.41) is 9.16. The first kappa shape index (κ1) is 11.2. The normalized spacial score (nSPS) is 14.9. The Kier molecular flexibility index (Phi) is 5.37. The molecule has 70 valence electrons. The molecule has 0 aliphatic rings. The van der Waals surface area contributed by atoms with Crippen LogP contribution in [-0.4, -0.2) is 17.4 Å². The molecule has 1 N–H and O–H groups in total. The smallest absolute Gasteiger partial charge is 0.332 e. The van der Waals surface area contributed by atoms with Gasteiger partial charge in [0.05, 0.1) is 0 Å². The van der Waals surface area contributed by atoms with Crippen LogP contribution in [0.1, 0.15) is 26.7 Å². The molecule has 2 unspecified atom stereocenters. The summed E-state index contributed by atoms with van der Waals surface area (Å²) in [4.78, 5) is 10.6. The molecule has 0 saturated carbocycles. The third-order valence-corrected chi connectivity index (χ3v) is 1.72. The third kappa shape index (κ3) is 4.91. The summed E-state index contributed by atoms with van der Waals surface area (Å²) in [7, 11) is 0. The van der Waals surface area contributed by atoms with Gasteiger partial charge >= 0.3 is 5.97 Å². The molecular weight excluding hydrogens is 156 g/mol. The second-order valence-electron chi connectivity index (χ2n) is 2.84. The Balaban J connectivity index is 3.65. The number of aliphatic hydroxyl groups is 1. The number of carbonyl (C=O) groups is 1. The molecule has 0 amide bonds. The Morgan fingerprint density at radius 3 is 2.75 bits per heavy atom. The molecule has 0 aliphatic heterocycles. The summed E-state index contributed by atoms with van der Waals surface area (Å²) in [6.07, 6.45) is 1.49. The van der Waals surface area contributed by atoms with Gasteiger partial charge in [-0.05, 0) is 5.92 Å². The summed E-state index contributed by atoms with van der Waals surface area (Å²) in [5.74, 6) is -0.219. The summed E-state index contributed by atoms with van der Waals surface area (Å²) in [6.45, 7) is 7.24. The fourth-order valence-corrected chi connectivity index (χ4v) is 0.741. The molecule has 3 heteroatoms. The van der Waals surface area contributed by atoms with Crippen LogP contribution in [0, 0.1) is 5.92 Å². The molecule has 0 rings (SSSR count). The van der Waals surface area contributed by atoms with Crippen LogP contribution in [-0.2, 0) is 9.53 Å². The Bertz CT molecular complexity index is 154. The largest absolute Gasteiger partial charge is 0.433 e. The highest BCUT2D eigenvalue weighted by molar-refractivity contribution is 5.81. The van der Waals surface area contributed by atoms with Crippen molar-refractivity contribution in [2.45, 2.75) is 33.0 Å². The molecule has 0 aromatic rings. The summed E-state index contributed by atoms with van der Waals surface area (Å²) in [6, 6.07) is 0. The highest BCUT2D eigenvalue weighted by Gasteiger charge is 2.11. The van der Waals surface area contributed by atoms with Gasteiger partial charge in [-0.2, -0.15) is 0 Å². The van der Waals surface area contributed by atoms with Gasteiger partial charge in [-0.1, -0.05) is 26.8 Å². The summed E-state index contributed by atoms with van der Waals surface area (Å²) < 4.78 is 4.57. The molecule has 0 radical (unpaired) electrons. The van der Waals surface area contributed by atoms with Gasteiger partial charge in [0.15, 0.2) is 0 Å². The van der Waals surface area contributed by atoms with Gasteiger partial charge in [-0.15, -0.1) is 0 Å². The highest BCUT2D eigenvalue weighted by atomic mass is 16.6. The number of rotatable bonds is 5. The Morgan fingerprint density at radius 2 is 2.33 bits per heavy atom. The van der Waals surface area contributed by atoms with E-state index in [1.807, 2.05) is 13.8 Å². The lowest BCUT2D eigenvalue weighted by Crippen LogP contribution is -2.18. The SMILES string of the molecule is C=CC(=O)OC(O)CC(C)CC. The van der Waals surface area contributed by atoms with Gasteiger partial charge in [-0.3, -0.25) is 0 Å². The van der Waals surface area contributed by atoms with Crippen LogP contribution in [0.2, 0.25) is 0 Å². The van der Waals surface area contributed by atoms with Crippen molar-refractivity contribution in [2.75, 3.05) is 0 Å². The minimum atomic E-state index is -0.995. The van der Waals surface area contributed by atoms with Crippen molar-refractivity contribution in [3.8, 4) is 0 Å². The molecular formula is C9H16O3. The second-order valence-corrected chi connectivity index (χ2v) is 2.84. The monoisotopic (exact) mass is 172 g/mol. The topological polar surface area (TPSA) is 46.5 Å². The fraction of sp³-hybridized carbons (Fsp3) is 0.667. The first-order chi connectivity index (χ1) is 5.60. The molecule has 2 atom stereocenters. The number of hydrogen-bond donors (Lipinski definition) is 1. The number of esters is 1. The average Bonchev–Trinajstić information content (AvgIpc) is 2.03. The molecule has 0 aliphatic carbocycles. The van der Waals surface area contributed by atoms with E-state index >= 15 is 0 Å². The minimum Gasteiger partial charge on any atom is -0.433 e. The van der Waals surface area contributed by atoms with Gasteiger partial charge < -0.3 is 9.84 Å². The van der Waals surface area contributed by atoms with Crippen molar-refractivity contribution >= 4 is 5.97 Å². The quantitative estimate of drug-likeness (QED) is 0.388. The van der Waals surface area contributed by atoms with Crippen LogP contribution in [0.4, 0.5) is 0 Å². The highest BCUT2D eigenvalue weighted by Crippen LogP contribution is 2.10. The number of ether oxygens (including phenoxy) is 1. The van der Waals surface area contributed by atoms with E-state index in [0.717, 1.165) is 12.5 Å². The van der Waals surface area contributed by atoms with Crippen molar-refractivity contribution in [1.82, 2.24) is 0 Å². The van der Waals surface area contributed by atoms with Crippen molar-refractivity contribution in [3.05, 3.63) is 12.7 Å². The fourth-order valence-electron chi connectivity index (χ4n) is 0.741. The number of aliphatic hydroxyl groups excluding tert-OH is 1. The summed E-state index contributed by atoms with van der Waals surface area (Å²) >= 11 is 0. The van der Waals surface area contributed by atoms with E-state index in [-0.39, 0.29) is 0 Å². The van der Waals surface area contributed by atoms with Crippen molar-refractivity contribution in [1.29, 1.82) is 0 Å². The van der Waals surface area contributed by atoms with Crippen molar-refractivity contribution in [3.63, 3.8) is 0 Å². The Morgan fingerprint density at radius 1 is 1.75 bits per heavy atom. The molecule has 0 aromatic carbocycles. The molecule has 0 fully saturated rings. The van der Waals surface area contributed by atoms with Crippen LogP contribution >= 0.6 is 0 Å². The standard InChI is InChI=1S/C9H16O3/c1-4-7(3)6-9(11)12-8(10)5-2/h5,7,9,11H,2,4,6H2,1,3H3. The van der Waals surface area contributed by atoms with Crippen LogP contribution < -0.4 is 0 Å². The molecule has 3 nitrogen and oxygen atoms in total. The minimum absolute atomic E-state index is 0.359. The summed E-state index contributed by atoms with van der Waals surface area (Å²) in [5.41, 5.74) is 0. The number of hydrogen-bond acceptors (Lipinski definition) is 3. The Hall–Kier alpha value is -0.830. The van der Waals surface area contributed by atoms with Gasteiger partial charge in [0.25, 0.3) is 0 Å². The first-order valence-electron chi connectivity index (χ1n) is 4.11. The van der Waals surface area contributed by atoms with Crippen LogP contribution in [0.15, 0.2) is 12.7 Å². The molecule has 0 aromatic heterocycles. The lowest BCUT2D eigenvalue weighted by atomic mass is 10.1. The van der Waals surface area contributed by atoms with E-state index in [9.17, 15) is 4.79 Å². The van der Waals surface area contributed by atoms with Crippen molar-refractivity contribution in [2.24, 2.45) is 5.92 Å². The van der Waals surface area contributed by atoms with E-state index in [0.29, 0.717) is 12.3 Å². The predicted molar refractivity (Wildman–Crippen MR) is 46.4 cm³/mol. The molecule has 0 bridgehead atoms. The predicted octanol–water partition coefficient (Wildman–Crippen LogP) is 1.47. The molecule has 0 saturated heterocycles. The maximum absolute atomic E-state index is 10.6. The lowest BCUT2D eigenvalue weighted by molar-refractivity contribution is -0.163. The van der Waals surface area contributed by atoms with Gasteiger partial charge in [0.2, 0.25) is 6.29 Å². The van der Waals surface area contributed by atoms with Gasteiger partial charge in [0, 0.05) is 12.5 Å². The van der Waals surface area contributed by atoms with E-state index in [2.05, 4.69) is 11.3 Å². The maximum Gasteiger partial charge on any atom is 0.332 e. The number of carbonyl (C=O) groups excluding carboxylic acids is 1. The molecule has 0 spiro atoms. The first-order valence-corrected chi connectivity index (χ1v) is 4.11. The van der Waals surface area contributed by atoms with Crippen LogP contribution in [0.3, 0.4) is 0 Å². The van der Waals surface area contributed by atoms with Crippen LogP contribution in [0.5, 0.6) is 0 Å². The van der Waals surface area contributed by atoms with Gasteiger partial charge in [-0.25, -0.2) is 4.79 Å². The lowest BCUT2D eigenvalue weighted by Gasteiger charge is -2.14. The Labute approximate surface area is 73.0 Å². The van der Waals surface area contributed by atoms with E-state index in [1.54, 1.807) is 0 Å².